The van der Waals surface area contributed by atoms with Crippen molar-refractivity contribution in [3.05, 3.63) is 35.4 Å². The first-order valence-corrected chi connectivity index (χ1v) is 5.65. The van der Waals surface area contributed by atoms with Gasteiger partial charge in [0, 0.05) is 5.56 Å². The second-order valence-electron chi connectivity index (χ2n) is 5.15. The number of benzene rings is 1. The van der Waals surface area contributed by atoms with Crippen LogP contribution in [0.1, 0.15) is 43.6 Å². The van der Waals surface area contributed by atoms with Crippen LogP contribution in [-0.4, -0.2) is 11.9 Å². The summed E-state index contributed by atoms with van der Waals surface area (Å²) in [5.74, 6) is -0.209. The van der Waals surface area contributed by atoms with Crippen molar-refractivity contribution in [3.8, 4) is 6.07 Å². The van der Waals surface area contributed by atoms with E-state index in [0.717, 1.165) is 0 Å². The average molecular weight is 230 g/mol. The lowest BCUT2D eigenvalue weighted by Crippen LogP contribution is -2.31. The van der Waals surface area contributed by atoms with Gasteiger partial charge in [-0.1, -0.05) is 32.9 Å². The van der Waals surface area contributed by atoms with Crippen molar-refractivity contribution in [1.29, 1.82) is 5.26 Å². The maximum absolute atomic E-state index is 11.7. The van der Waals surface area contributed by atoms with Crippen molar-refractivity contribution in [2.24, 2.45) is 0 Å². The van der Waals surface area contributed by atoms with Gasteiger partial charge in [0.25, 0.3) is 5.91 Å². The summed E-state index contributed by atoms with van der Waals surface area (Å²) in [6, 6.07) is 8.99. The van der Waals surface area contributed by atoms with Crippen LogP contribution < -0.4 is 5.32 Å². The molecule has 1 aromatic rings. The molecule has 0 aliphatic rings. The quantitative estimate of drug-likeness (QED) is 0.849. The Morgan fingerprint density at radius 2 is 1.82 bits per heavy atom. The van der Waals surface area contributed by atoms with Gasteiger partial charge in [0.1, 0.15) is 6.04 Å². The van der Waals surface area contributed by atoms with E-state index in [1.165, 1.54) is 5.56 Å². The second kappa shape index (κ2) is 5.01. The molecule has 1 N–H and O–H groups in total. The molecule has 1 amide bonds. The largest absolute Gasteiger partial charge is 0.337 e. The minimum Gasteiger partial charge on any atom is -0.337 e. The molecule has 3 heteroatoms. The normalized spacial score (nSPS) is 12.6. The molecule has 1 rings (SSSR count). The van der Waals surface area contributed by atoms with Gasteiger partial charge in [-0.25, -0.2) is 0 Å². The van der Waals surface area contributed by atoms with Gasteiger partial charge in [0.15, 0.2) is 0 Å². The van der Waals surface area contributed by atoms with Gasteiger partial charge in [-0.15, -0.1) is 0 Å². The van der Waals surface area contributed by atoms with Gasteiger partial charge in [0.05, 0.1) is 6.07 Å². The van der Waals surface area contributed by atoms with Crippen LogP contribution >= 0.6 is 0 Å². The van der Waals surface area contributed by atoms with Crippen LogP contribution in [0.15, 0.2) is 24.3 Å². The zero-order valence-electron chi connectivity index (χ0n) is 10.7. The third-order valence-electron chi connectivity index (χ3n) is 2.55. The molecule has 1 unspecified atom stereocenters. The molecule has 0 aliphatic heterocycles. The topological polar surface area (TPSA) is 52.9 Å². The number of nitrogens with one attached hydrogen (secondary N) is 1. The monoisotopic (exact) mass is 230 g/mol. The molecule has 0 aliphatic carbocycles. The van der Waals surface area contributed by atoms with E-state index in [1.807, 2.05) is 18.2 Å². The maximum atomic E-state index is 11.7. The van der Waals surface area contributed by atoms with Crippen LogP contribution in [0.25, 0.3) is 0 Å². The van der Waals surface area contributed by atoms with Gasteiger partial charge in [0.2, 0.25) is 0 Å². The fourth-order valence-electron chi connectivity index (χ4n) is 1.43. The summed E-state index contributed by atoms with van der Waals surface area (Å²) >= 11 is 0. The Balaban J connectivity index is 2.82. The molecule has 1 aromatic carbocycles. The number of amides is 1. The molecule has 1 atom stereocenters. The number of carbonyl (C=O) groups excluding carboxylic acids is 1. The van der Waals surface area contributed by atoms with Crippen LogP contribution in [0.2, 0.25) is 0 Å². The molecule has 0 aromatic heterocycles. The van der Waals surface area contributed by atoms with Crippen molar-refractivity contribution < 1.29 is 4.79 Å². The van der Waals surface area contributed by atoms with E-state index in [0.29, 0.717) is 5.56 Å². The Morgan fingerprint density at radius 3 is 2.24 bits per heavy atom. The third-order valence-corrected chi connectivity index (χ3v) is 2.55. The van der Waals surface area contributed by atoms with E-state index in [2.05, 4.69) is 26.1 Å². The zero-order chi connectivity index (χ0) is 13.1. The SMILES string of the molecule is CC(C#N)NC(=O)c1ccc(C(C)(C)C)cc1. The Morgan fingerprint density at radius 1 is 1.29 bits per heavy atom. The van der Waals surface area contributed by atoms with E-state index >= 15 is 0 Å². The molecule has 0 radical (unpaired) electrons. The molecule has 0 saturated heterocycles. The summed E-state index contributed by atoms with van der Waals surface area (Å²) in [6.45, 7) is 8.03. The molecule has 0 saturated carbocycles. The Bertz CT molecular complexity index is 435. The third kappa shape index (κ3) is 3.60. The summed E-state index contributed by atoms with van der Waals surface area (Å²) in [7, 11) is 0. The Kier molecular flexibility index (Phi) is 3.90. The lowest BCUT2D eigenvalue weighted by molar-refractivity contribution is 0.0948. The number of hydrogen-bond acceptors (Lipinski definition) is 2. The van der Waals surface area contributed by atoms with Crippen LogP contribution in [0.4, 0.5) is 0 Å². The minimum atomic E-state index is -0.468. The maximum Gasteiger partial charge on any atom is 0.252 e. The summed E-state index contributed by atoms with van der Waals surface area (Å²) < 4.78 is 0. The van der Waals surface area contributed by atoms with Gasteiger partial charge < -0.3 is 5.32 Å². The molecule has 0 fully saturated rings. The molecular formula is C14H18N2O. The molecule has 0 heterocycles. The summed E-state index contributed by atoms with van der Waals surface area (Å²) in [5, 5.41) is 11.2. The molecule has 17 heavy (non-hydrogen) atoms. The first kappa shape index (κ1) is 13.2. The van der Waals surface area contributed by atoms with E-state index in [4.69, 9.17) is 5.26 Å². The highest BCUT2D eigenvalue weighted by molar-refractivity contribution is 5.94. The van der Waals surface area contributed by atoms with Crippen LogP contribution in [-0.2, 0) is 5.41 Å². The molecule has 0 bridgehead atoms. The fourth-order valence-corrected chi connectivity index (χ4v) is 1.43. The van der Waals surface area contributed by atoms with Crippen molar-refractivity contribution >= 4 is 5.91 Å². The fraction of sp³-hybridized carbons (Fsp3) is 0.429. The highest BCUT2D eigenvalue weighted by atomic mass is 16.1. The van der Waals surface area contributed by atoms with E-state index in [1.54, 1.807) is 19.1 Å². The first-order chi connectivity index (χ1) is 7.84. The van der Waals surface area contributed by atoms with E-state index < -0.39 is 6.04 Å². The standard InChI is InChI=1S/C14H18N2O/c1-10(9-15)16-13(17)11-5-7-12(8-6-11)14(2,3)4/h5-8,10H,1-4H3,(H,16,17). The van der Waals surface area contributed by atoms with Gasteiger partial charge >= 0.3 is 0 Å². The number of carbonyl (C=O) groups is 1. The molecule has 90 valence electrons. The first-order valence-electron chi connectivity index (χ1n) is 5.65. The lowest BCUT2D eigenvalue weighted by Gasteiger charge is -2.19. The van der Waals surface area contributed by atoms with E-state index in [9.17, 15) is 4.79 Å². The van der Waals surface area contributed by atoms with E-state index in [-0.39, 0.29) is 11.3 Å². The number of hydrogen-bond donors (Lipinski definition) is 1. The highest BCUT2D eigenvalue weighted by Crippen LogP contribution is 2.22. The lowest BCUT2D eigenvalue weighted by atomic mass is 9.86. The molecule has 0 spiro atoms. The van der Waals surface area contributed by atoms with Gasteiger partial charge in [-0.3, -0.25) is 4.79 Å². The smallest absolute Gasteiger partial charge is 0.252 e. The minimum absolute atomic E-state index is 0.0783. The predicted octanol–water partition coefficient (Wildman–Crippen LogP) is 2.63. The van der Waals surface area contributed by atoms with Crippen molar-refractivity contribution in [3.63, 3.8) is 0 Å². The Labute approximate surface area is 102 Å². The summed E-state index contributed by atoms with van der Waals surface area (Å²) in [5.41, 5.74) is 1.84. The van der Waals surface area contributed by atoms with Gasteiger partial charge in [-0.2, -0.15) is 5.26 Å². The van der Waals surface area contributed by atoms with Crippen molar-refractivity contribution in [1.82, 2.24) is 5.32 Å². The molecular weight excluding hydrogens is 212 g/mol. The zero-order valence-corrected chi connectivity index (χ0v) is 10.7. The molecule has 3 nitrogen and oxygen atoms in total. The summed E-state index contributed by atoms with van der Waals surface area (Å²) in [6.07, 6.45) is 0. The number of nitriles is 1. The predicted molar refractivity (Wildman–Crippen MR) is 67.7 cm³/mol. The highest BCUT2D eigenvalue weighted by Gasteiger charge is 2.14. The van der Waals surface area contributed by atoms with Crippen LogP contribution in [0.3, 0.4) is 0 Å². The van der Waals surface area contributed by atoms with Gasteiger partial charge in [-0.05, 0) is 30.0 Å². The number of rotatable bonds is 2. The van der Waals surface area contributed by atoms with Crippen molar-refractivity contribution in [2.75, 3.05) is 0 Å². The summed E-state index contributed by atoms with van der Waals surface area (Å²) in [4.78, 5) is 11.7. The van der Waals surface area contributed by atoms with Crippen LogP contribution in [0.5, 0.6) is 0 Å². The average Bonchev–Trinajstić information content (AvgIpc) is 2.27. The van der Waals surface area contributed by atoms with Crippen molar-refractivity contribution in [2.45, 2.75) is 39.2 Å². The Hall–Kier alpha value is -1.82. The van der Waals surface area contributed by atoms with Crippen LogP contribution in [0, 0.1) is 11.3 Å². The number of nitrogens with zero attached hydrogens (tertiary/aromatic N) is 1. The second-order valence-corrected chi connectivity index (χ2v) is 5.15.